The molecule has 1 saturated heterocycles. The molecule has 4 aliphatic carbocycles. The van der Waals surface area contributed by atoms with Crippen molar-refractivity contribution in [2.24, 2.45) is 17.8 Å². The molecule has 1 amide bonds. The average molecular weight is 414 g/mol. The first kappa shape index (κ1) is 20.3. The Kier molecular flexibility index (Phi) is 5.53. The number of hydrogen-bond donors (Lipinski definition) is 3. The lowest BCUT2D eigenvalue weighted by molar-refractivity contribution is -1.02. The van der Waals surface area contributed by atoms with Crippen LogP contribution in [0.1, 0.15) is 51.0 Å². The molecule has 0 aromatic heterocycles. The Morgan fingerprint density at radius 2 is 1.60 bits per heavy atom. The van der Waals surface area contributed by atoms with Gasteiger partial charge in [0.25, 0.3) is 5.91 Å². The largest absolute Gasteiger partial charge is 0.497 e. The molecule has 4 bridgehead atoms. The van der Waals surface area contributed by atoms with Gasteiger partial charge in [-0.15, -0.1) is 0 Å². The van der Waals surface area contributed by atoms with Gasteiger partial charge in [0.2, 0.25) is 0 Å². The third-order valence-electron chi connectivity index (χ3n) is 8.64. The maximum absolute atomic E-state index is 13.2. The lowest BCUT2D eigenvalue weighted by Crippen LogP contribution is -3.29. The maximum atomic E-state index is 13.2. The molecule has 30 heavy (non-hydrogen) atoms. The van der Waals surface area contributed by atoms with E-state index in [0.29, 0.717) is 5.91 Å². The zero-order valence-electron chi connectivity index (χ0n) is 18.7. The fraction of sp³-hybridized carbons (Fsp3) is 0.720. The molecule has 0 unspecified atom stereocenters. The minimum atomic E-state index is 0.0699. The van der Waals surface area contributed by atoms with E-state index in [0.717, 1.165) is 56.2 Å². The number of hydrogen-bond acceptors (Lipinski definition) is 2. The molecule has 1 aromatic rings. The van der Waals surface area contributed by atoms with E-state index < -0.39 is 0 Å². The summed E-state index contributed by atoms with van der Waals surface area (Å²) in [6.07, 6.45) is 8.00. The van der Waals surface area contributed by atoms with Crippen LogP contribution in [0.4, 0.5) is 0 Å². The van der Waals surface area contributed by atoms with Crippen molar-refractivity contribution in [3.8, 4) is 5.75 Å². The second-order valence-corrected chi connectivity index (χ2v) is 10.8. The molecule has 164 valence electrons. The molecule has 5 fully saturated rings. The van der Waals surface area contributed by atoms with Crippen molar-refractivity contribution in [1.82, 2.24) is 5.32 Å². The van der Waals surface area contributed by atoms with Crippen molar-refractivity contribution in [2.75, 3.05) is 33.3 Å². The van der Waals surface area contributed by atoms with Crippen LogP contribution >= 0.6 is 0 Å². The van der Waals surface area contributed by atoms with Crippen LogP contribution in [0.2, 0.25) is 0 Å². The molecule has 1 heterocycles. The predicted molar refractivity (Wildman–Crippen MR) is 117 cm³/mol. The Hall–Kier alpha value is -1.59. The van der Waals surface area contributed by atoms with E-state index in [-0.39, 0.29) is 11.6 Å². The molecule has 3 N–H and O–H groups in total. The molecule has 5 nitrogen and oxygen atoms in total. The van der Waals surface area contributed by atoms with E-state index in [1.165, 1.54) is 49.0 Å². The van der Waals surface area contributed by atoms with Gasteiger partial charge in [-0.05, 0) is 87.5 Å². The highest BCUT2D eigenvalue weighted by Crippen LogP contribution is 2.55. The van der Waals surface area contributed by atoms with Crippen LogP contribution in [-0.2, 0) is 11.3 Å². The number of quaternary nitrogens is 2. The number of benzene rings is 1. The van der Waals surface area contributed by atoms with E-state index in [1.807, 2.05) is 12.1 Å². The summed E-state index contributed by atoms with van der Waals surface area (Å²) >= 11 is 0. The maximum Gasteiger partial charge on any atom is 0.278 e. The summed E-state index contributed by atoms with van der Waals surface area (Å²) in [5.41, 5.74) is 1.50. The van der Waals surface area contributed by atoms with E-state index in [9.17, 15) is 4.79 Å². The third-order valence-corrected chi connectivity index (χ3v) is 8.64. The summed E-state index contributed by atoms with van der Waals surface area (Å²) in [5, 5.41) is 3.61. The van der Waals surface area contributed by atoms with E-state index in [1.54, 1.807) is 12.0 Å². The first-order chi connectivity index (χ1) is 14.5. The molecule has 1 aromatic carbocycles. The molecular weight excluding hydrogens is 374 g/mol. The molecule has 0 spiro atoms. The molecular formula is C25H39N3O2+2. The van der Waals surface area contributed by atoms with Gasteiger partial charge in [0.1, 0.15) is 38.5 Å². The molecule has 5 aliphatic rings. The number of carbonyl (C=O) groups excluding carboxylic acids is 1. The minimum absolute atomic E-state index is 0.0699. The van der Waals surface area contributed by atoms with Crippen molar-refractivity contribution in [3.05, 3.63) is 29.8 Å². The van der Waals surface area contributed by atoms with Gasteiger partial charge in [0.05, 0.1) is 7.11 Å². The lowest BCUT2D eigenvalue weighted by atomic mass is 9.53. The van der Waals surface area contributed by atoms with Crippen molar-refractivity contribution in [3.63, 3.8) is 0 Å². The second-order valence-electron chi connectivity index (χ2n) is 10.8. The number of rotatable bonds is 6. The molecule has 6 rings (SSSR count). The lowest BCUT2D eigenvalue weighted by Gasteiger charge is -2.57. The van der Waals surface area contributed by atoms with Crippen LogP contribution < -0.4 is 19.9 Å². The minimum Gasteiger partial charge on any atom is -0.497 e. The Morgan fingerprint density at radius 3 is 2.13 bits per heavy atom. The molecule has 1 atom stereocenters. The molecule has 4 saturated carbocycles. The number of carbonyl (C=O) groups is 1. The summed E-state index contributed by atoms with van der Waals surface area (Å²) in [6, 6.07) is 8.51. The molecule has 0 radical (unpaired) electrons. The zero-order valence-corrected chi connectivity index (χ0v) is 18.7. The number of ether oxygens (including phenoxy) is 1. The van der Waals surface area contributed by atoms with Crippen LogP contribution in [0.5, 0.6) is 5.75 Å². The van der Waals surface area contributed by atoms with Crippen LogP contribution in [0, 0.1) is 17.8 Å². The fourth-order valence-corrected chi connectivity index (χ4v) is 7.39. The molecule has 5 heteroatoms. The SMILES string of the molecule is COc1ccc(C[NH+]2CC[NH+]([C@H](C)C(=O)NC34CC5CC(CC(C5)C3)C4)CC2)cc1. The van der Waals surface area contributed by atoms with Gasteiger partial charge in [-0.2, -0.15) is 0 Å². The summed E-state index contributed by atoms with van der Waals surface area (Å²) in [4.78, 5) is 16.3. The van der Waals surface area contributed by atoms with Crippen molar-refractivity contribution in [1.29, 1.82) is 0 Å². The standard InChI is InChI=1S/C25H37N3O2/c1-18(24(29)26-25-14-20-11-21(15-25)13-22(12-20)16-25)28-9-7-27(8-10-28)17-19-3-5-23(30-2)6-4-19/h3-6,18,20-22H,7-17H2,1-2H3,(H,26,29)/p+2/t18-,20?,21?,22?,25?/m1/s1. The van der Waals surface area contributed by atoms with Gasteiger partial charge < -0.3 is 19.9 Å². The summed E-state index contributed by atoms with van der Waals surface area (Å²) in [6.45, 7) is 7.65. The van der Waals surface area contributed by atoms with Gasteiger partial charge in [-0.3, -0.25) is 4.79 Å². The topological polar surface area (TPSA) is 47.2 Å². The fourth-order valence-electron chi connectivity index (χ4n) is 7.39. The van der Waals surface area contributed by atoms with Crippen molar-refractivity contribution in [2.45, 2.75) is 63.6 Å². The Morgan fingerprint density at radius 1 is 1.03 bits per heavy atom. The van der Waals surface area contributed by atoms with Crippen LogP contribution in [0.15, 0.2) is 24.3 Å². The van der Waals surface area contributed by atoms with Gasteiger partial charge in [-0.25, -0.2) is 0 Å². The average Bonchev–Trinajstić information content (AvgIpc) is 2.73. The van der Waals surface area contributed by atoms with Crippen molar-refractivity contribution < 1.29 is 19.3 Å². The molecule has 1 aliphatic heterocycles. The normalized spacial score (nSPS) is 38.3. The van der Waals surface area contributed by atoms with Crippen LogP contribution in [0.25, 0.3) is 0 Å². The Balaban J connectivity index is 1.12. The van der Waals surface area contributed by atoms with E-state index >= 15 is 0 Å². The van der Waals surface area contributed by atoms with Gasteiger partial charge >= 0.3 is 0 Å². The van der Waals surface area contributed by atoms with Crippen LogP contribution in [-0.4, -0.2) is 50.8 Å². The number of piperazine rings is 1. The monoisotopic (exact) mass is 413 g/mol. The number of methoxy groups -OCH3 is 1. The highest BCUT2D eigenvalue weighted by atomic mass is 16.5. The van der Waals surface area contributed by atoms with Gasteiger partial charge in [0.15, 0.2) is 6.04 Å². The third kappa shape index (κ3) is 4.11. The zero-order chi connectivity index (χ0) is 20.7. The quantitative estimate of drug-likeness (QED) is 0.634. The highest BCUT2D eigenvalue weighted by molar-refractivity contribution is 5.80. The van der Waals surface area contributed by atoms with Gasteiger partial charge in [-0.1, -0.05) is 0 Å². The number of amides is 1. The first-order valence-corrected chi connectivity index (χ1v) is 12.1. The Bertz CT molecular complexity index is 719. The highest BCUT2D eigenvalue weighted by Gasteiger charge is 2.52. The first-order valence-electron chi connectivity index (χ1n) is 12.1. The van der Waals surface area contributed by atoms with Crippen molar-refractivity contribution >= 4 is 5.91 Å². The number of nitrogens with one attached hydrogen (secondary N) is 3. The van der Waals surface area contributed by atoms with E-state index in [2.05, 4.69) is 24.4 Å². The van der Waals surface area contributed by atoms with E-state index in [4.69, 9.17) is 4.74 Å². The Labute approximate surface area is 181 Å². The summed E-state index contributed by atoms with van der Waals surface area (Å²) in [5.74, 6) is 3.87. The summed E-state index contributed by atoms with van der Waals surface area (Å²) < 4.78 is 5.26. The second kappa shape index (κ2) is 8.16. The van der Waals surface area contributed by atoms with Crippen LogP contribution in [0.3, 0.4) is 0 Å². The summed E-state index contributed by atoms with van der Waals surface area (Å²) in [7, 11) is 1.71. The smallest absolute Gasteiger partial charge is 0.278 e. The van der Waals surface area contributed by atoms with Gasteiger partial charge in [0, 0.05) is 11.1 Å². The predicted octanol–water partition coefficient (Wildman–Crippen LogP) is 0.452.